The van der Waals surface area contributed by atoms with Crippen molar-refractivity contribution in [3.05, 3.63) is 68.6 Å². The third kappa shape index (κ3) is 8.03. The van der Waals surface area contributed by atoms with Gasteiger partial charge in [-0.2, -0.15) is 0 Å². The zero-order chi connectivity index (χ0) is 18.1. The molecule has 2 aromatic carbocycles. The van der Waals surface area contributed by atoms with Crippen molar-refractivity contribution in [2.75, 3.05) is 14.2 Å². The minimum absolute atomic E-state index is 0.383. The molecule has 7 heteroatoms. The van der Waals surface area contributed by atoms with Crippen molar-refractivity contribution < 1.29 is 14.2 Å². The lowest BCUT2D eigenvalue weighted by atomic mass is 10.2. The lowest BCUT2D eigenvalue weighted by Crippen LogP contribution is -2.20. The van der Waals surface area contributed by atoms with Crippen LogP contribution in [0.3, 0.4) is 0 Å². The van der Waals surface area contributed by atoms with Gasteiger partial charge in [0.25, 0.3) is 0 Å². The van der Waals surface area contributed by atoms with Crippen molar-refractivity contribution in [3.63, 3.8) is 0 Å². The third-order valence-corrected chi connectivity index (χ3v) is 6.41. The smallest absolute Gasteiger partial charge is 0.210 e. The molecule has 0 fully saturated rings. The second kappa shape index (κ2) is 11.6. The Morgan fingerprint density at radius 2 is 1.08 bits per heavy atom. The van der Waals surface area contributed by atoms with E-state index in [1.165, 1.54) is 11.1 Å². The van der Waals surface area contributed by atoms with Gasteiger partial charge in [0.2, 0.25) is 11.2 Å². The van der Waals surface area contributed by atoms with Gasteiger partial charge in [-0.1, -0.05) is 79.6 Å². The molecule has 25 heavy (non-hydrogen) atoms. The molecule has 2 atom stereocenters. The Bertz CT molecular complexity index is 568. The van der Waals surface area contributed by atoms with Crippen molar-refractivity contribution in [3.8, 4) is 0 Å². The van der Waals surface area contributed by atoms with Crippen LogP contribution in [0.1, 0.15) is 11.1 Å². The molecule has 2 aromatic rings. The topological polar surface area (TPSA) is 27.7 Å². The van der Waals surface area contributed by atoms with Gasteiger partial charge in [0, 0.05) is 34.7 Å². The maximum atomic E-state index is 5.90. The maximum absolute atomic E-state index is 5.90. The van der Waals surface area contributed by atoms with Crippen LogP contribution in [0.25, 0.3) is 0 Å². The summed E-state index contributed by atoms with van der Waals surface area (Å²) in [4.78, 5) is 0. The van der Waals surface area contributed by atoms with E-state index in [1.54, 1.807) is 37.7 Å². The number of hydrogen-bond acceptors (Lipinski definition) is 5. The zero-order valence-corrected chi connectivity index (χ0v) is 18.8. The molecule has 0 radical (unpaired) electrons. The van der Waals surface area contributed by atoms with E-state index >= 15 is 0 Å². The van der Waals surface area contributed by atoms with E-state index < -0.39 is 0 Å². The third-order valence-electron chi connectivity index (χ3n) is 3.21. The van der Waals surface area contributed by atoms with E-state index in [0.717, 1.165) is 20.5 Å². The molecule has 0 aromatic heterocycles. The van der Waals surface area contributed by atoms with E-state index in [0.29, 0.717) is 0 Å². The highest BCUT2D eigenvalue weighted by Gasteiger charge is 2.17. The normalized spacial score (nSPS) is 13.6. The molecular weight excluding hydrogens is 488 g/mol. The van der Waals surface area contributed by atoms with Gasteiger partial charge in [0.05, 0.1) is 0 Å². The minimum atomic E-state index is -0.383. The standard InChI is InChI=1S/C18H20Br2O3S2/c1-21-17(24-11-13-3-7-15(19)8-4-13)23-18(22-2)25-12-14-5-9-16(20)10-6-14/h3-10,17-18H,11-12H2,1-2H3. The molecule has 2 rings (SSSR count). The molecule has 136 valence electrons. The van der Waals surface area contributed by atoms with Crippen molar-refractivity contribution in [2.45, 2.75) is 22.7 Å². The van der Waals surface area contributed by atoms with Gasteiger partial charge in [-0.15, -0.1) is 0 Å². The first-order valence-corrected chi connectivity index (χ1v) is 11.2. The molecule has 3 nitrogen and oxygen atoms in total. The number of thioether (sulfide) groups is 2. The number of benzene rings is 2. The second-order valence-corrected chi connectivity index (χ2v) is 8.90. The van der Waals surface area contributed by atoms with Crippen LogP contribution in [0.5, 0.6) is 0 Å². The fraction of sp³-hybridized carbons (Fsp3) is 0.333. The van der Waals surface area contributed by atoms with Crippen molar-refractivity contribution in [2.24, 2.45) is 0 Å². The quantitative estimate of drug-likeness (QED) is 0.354. The maximum Gasteiger partial charge on any atom is 0.210 e. The van der Waals surface area contributed by atoms with Gasteiger partial charge in [0.15, 0.2) is 0 Å². The van der Waals surface area contributed by atoms with Gasteiger partial charge in [0.1, 0.15) is 0 Å². The van der Waals surface area contributed by atoms with E-state index in [1.807, 2.05) is 24.3 Å². The Labute approximate surface area is 174 Å². The zero-order valence-electron chi connectivity index (χ0n) is 14.0. The summed E-state index contributed by atoms with van der Waals surface area (Å²) in [5, 5.41) is 0. The summed E-state index contributed by atoms with van der Waals surface area (Å²) in [7, 11) is 3.29. The predicted octanol–water partition coefficient (Wildman–Crippen LogP) is 6.25. The fourth-order valence-corrected chi connectivity index (χ4v) is 4.18. The van der Waals surface area contributed by atoms with Gasteiger partial charge >= 0.3 is 0 Å². The molecule has 0 N–H and O–H groups in total. The summed E-state index contributed by atoms with van der Waals surface area (Å²) in [6, 6.07) is 16.5. The molecule has 2 unspecified atom stereocenters. The summed E-state index contributed by atoms with van der Waals surface area (Å²) in [6.07, 6.45) is 0. The first kappa shape index (κ1) is 21.3. The summed E-state index contributed by atoms with van der Waals surface area (Å²) in [5.41, 5.74) is 1.67. The van der Waals surface area contributed by atoms with E-state index in [4.69, 9.17) is 14.2 Å². The Balaban J connectivity index is 1.80. The number of hydrogen-bond donors (Lipinski definition) is 0. The van der Waals surface area contributed by atoms with Gasteiger partial charge in [-0.05, 0) is 35.4 Å². The van der Waals surface area contributed by atoms with Crippen molar-refractivity contribution in [1.29, 1.82) is 0 Å². The molecule has 0 aliphatic heterocycles. The molecule has 0 bridgehead atoms. The SMILES string of the molecule is COC(OC(OC)SCc1ccc(Br)cc1)SCc1ccc(Br)cc1. The van der Waals surface area contributed by atoms with E-state index in [-0.39, 0.29) is 11.2 Å². The highest BCUT2D eigenvalue weighted by molar-refractivity contribution is 9.10. The number of rotatable bonds is 10. The monoisotopic (exact) mass is 506 g/mol. The van der Waals surface area contributed by atoms with Crippen LogP contribution in [0.4, 0.5) is 0 Å². The molecule has 0 aliphatic rings. The Morgan fingerprint density at radius 3 is 1.40 bits per heavy atom. The van der Waals surface area contributed by atoms with Crippen LogP contribution in [0, 0.1) is 0 Å². The number of halogens is 2. The average molecular weight is 508 g/mol. The molecule has 0 spiro atoms. The summed E-state index contributed by atoms with van der Waals surface area (Å²) < 4.78 is 18.9. The summed E-state index contributed by atoms with van der Waals surface area (Å²) in [5.74, 6) is 1.61. The molecule has 0 heterocycles. The van der Waals surface area contributed by atoms with Crippen LogP contribution in [-0.4, -0.2) is 25.5 Å². The summed E-state index contributed by atoms with van der Waals surface area (Å²) >= 11 is 10.1. The van der Waals surface area contributed by atoms with Crippen LogP contribution >= 0.6 is 55.4 Å². The van der Waals surface area contributed by atoms with E-state index in [9.17, 15) is 0 Å². The predicted molar refractivity (Wildman–Crippen MR) is 114 cm³/mol. The van der Waals surface area contributed by atoms with Crippen molar-refractivity contribution >= 4 is 55.4 Å². The van der Waals surface area contributed by atoms with Crippen LogP contribution in [0.2, 0.25) is 0 Å². The first-order chi connectivity index (χ1) is 12.1. The average Bonchev–Trinajstić information content (AvgIpc) is 2.64. The minimum Gasteiger partial charge on any atom is -0.347 e. The van der Waals surface area contributed by atoms with Crippen LogP contribution in [-0.2, 0) is 25.7 Å². The molecule has 0 saturated heterocycles. The largest absolute Gasteiger partial charge is 0.347 e. The highest BCUT2D eigenvalue weighted by atomic mass is 79.9. The molecular formula is C18H20Br2O3S2. The second-order valence-electron chi connectivity index (χ2n) is 5.06. The van der Waals surface area contributed by atoms with Crippen LogP contribution < -0.4 is 0 Å². The highest BCUT2D eigenvalue weighted by Crippen LogP contribution is 2.27. The first-order valence-electron chi connectivity index (χ1n) is 7.54. The lowest BCUT2D eigenvalue weighted by Gasteiger charge is -2.22. The van der Waals surface area contributed by atoms with E-state index in [2.05, 4.69) is 56.1 Å². The number of ether oxygens (including phenoxy) is 3. The van der Waals surface area contributed by atoms with Gasteiger partial charge in [-0.25, -0.2) is 0 Å². The summed E-state index contributed by atoms with van der Waals surface area (Å²) in [6.45, 7) is 0. The molecule has 0 amide bonds. The molecule has 0 aliphatic carbocycles. The Kier molecular flexibility index (Phi) is 9.91. The van der Waals surface area contributed by atoms with Gasteiger partial charge < -0.3 is 14.2 Å². The number of methoxy groups -OCH3 is 2. The fourth-order valence-electron chi connectivity index (χ4n) is 1.91. The Hall–Kier alpha value is -0.0200. The van der Waals surface area contributed by atoms with Gasteiger partial charge in [-0.3, -0.25) is 0 Å². The lowest BCUT2D eigenvalue weighted by molar-refractivity contribution is -0.149. The van der Waals surface area contributed by atoms with Crippen LogP contribution in [0.15, 0.2) is 57.5 Å². The van der Waals surface area contributed by atoms with Crippen molar-refractivity contribution in [1.82, 2.24) is 0 Å². The Morgan fingerprint density at radius 1 is 0.720 bits per heavy atom. The molecule has 0 saturated carbocycles.